The number of hydrogen-bond donors (Lipinski definition) is 1. The average molecular weight is 551 g/mol. The lowest BCUT2D eigenvalue weighted by molar-refractivity contribution is -0.122. The van der Waals surface area contributed by atoms with Crippen molar-refractivity contribution < 1.29 is 23.5 Å². The standard InChI is InChI=1S/C34H31FN2O4/c35-27-8-4-21(5-9-27)20-41-29-3-1-2-22(15-29)16-30-31(38)36-33(40)37(32(30)39)28-10-6-26(7-11-28)34-17-23-12-24(18-34)14-25(13-23)19-34/h1-11,15-16,23-25H,12-14,17-20H2,(H,36,38,40)/b30-16+. The zero-order chi connectivity index (χ0) is 28.1. The number of halogens is 1. The van der Waals surface area contributed by atoms with Gasteiger partial charge in [-0.1, -0.05) is 36.4 Å². The van der Waals surface area contributed by atoms with Crippen molar-refractivity contribution >= 4 is 29.6 Å². The van der Waals surface area contributed by atoms with Crippen LogP contribution in [-0.4, -0.2) is 17.8 Å². The van der Waals surface area contributed by atoms with Crippen molar-refractivity contribution in [2.75, 3.05) is 4.90 Å². The van der Waals surface area contributed by atoms with Gasteiger partial charge in [0.25, 0.3) is 11.8 Å². The topological polar surface area (TPSA) is 75.7 Å². The van der Waals surface area contributed by atoms with Crippen LogP contribution in [-0.2, 0) is 21.6 Å². The Labute approximate surface area is 238 Å². The molecule has 0 radical (unpaired) electrons. The lowest BCUT2D eigenvalue weighted by Gasteiger charge is -2.57. The third-order valence-electron chi connectivity index (χ3n) is 9.37. The zero-order valence-corrected chi connectivity index (χ0v) is 22.6. The van der Waals surface area contributed by atoms with Crippen molar-refractivity contribution in [3.63, 3.8) is 0 Å². The Hall–Kier alpha value is -4.26. The zero-order valence-electron chi connectivity index (χ0n) is 22.6. The highest BCUT2D eigenvalue weighted by Crippen LogP contribution is 2.60. The predicted molar refractivity (Wildman–Crippen MR) is 152 cm³/mol. The summed E-state index contributed by atoms with van der Waals surface area (Å²) in [4.78, 5) is 40.1. The molecule has 8 rings (SSSR count). The number of anilines is 1. The maximum Gasteiger partial charge on any atom is 0.335 e. The molecule has 4 amide bonds. The monoisotopic (exact) mass is 550 g/mol. The van der Waals surface area contributed by atoms with Gasteiger partial charge < -0.3 is 4.74 Å². The van der Waals surface area contributed by atoms with Crippen LogP contribution in [0.2, 0.25) is 0 Å². The van der Waals surface area contributed by atoms with Gasteiger partial charge in [0.15, 0.2) is 0 Å². The SMILES string of the molecule is O=C1NC(=O)N(c2ccc(C34CC5CC(CC(C5)C3)C4)cc2)C(=O)/C1=C/c1cccc(OCc2ccc(F)cc2)c1. The summed E-state index contributed by atoms with van der Waals surface area (Å²) in [5.74, 6) is 1.27. The van der Waals surface area contributed by atoms with Crippen LogP contribution in [0.3, 0.4) is 0 Å². The summed E-state index contributed by atoms with van der Waals surface area (Å²) in [6.07, 6.45) is 9.26. The molecule has 1 heterocycles. The number of imide groups is 2. The molecule has 0 spiro atoms. The van der Waals surface area contributed by atoms with E-state index < -0.39 is 17.8 Å². The van der Waals surface area contributed by atoms with Crippen molar-refractivity contribution in [3.8, 4) is 5.75 Å². The van der Waals surface area contributed by atoms with E-state index in [1.807, 2.05) is 12.1 Å². The second-order valence-electron chi connectivity index (χ2n) is 12.2. The Bertz CT molecular complexity index is 1530. The van der Waals surface area contributed by atoms with Gasteiger partial charge in [0.1, 0.15) is 23.7 Å². The molecule has 208 valence electrons. The van der Waals surface area contributed by atoms with E-state index in [4.69, 9.17) is 4.74 Å². The van der Waals surface area contributed by atoms with E-state index in [9.17, 15) is 18.8 Å². The van der Waals surface area contributed by atoms with Crippen LogP contribution in [0.25, 0.3) is 6.08 Å². The molecular formula is C34H31FN2O4. The van der Waals surface area contributed by atoms with Crippen molar-refractivity contribution in [1.82, 2.24) is 5.32 Å². The molecule has 5 aliphatic rings. The van der Waals surface area contributed by atoms with E-state index >= 15 is 0 Å². The number of nitrogens with zero attached hydrogens (tertiary/aromatic N) is 1. The van der Waals surface area contributed by atoms with Gasteiger partial charge >= 0.3 is 6.03 Å². The highest BCUT2D eigenvalue weighted by Gasteiger charge is 2.51. The van der Waals surface area contributed by atoms with Crippen LogP contribution >= 0.6 is 0 Å². The molecule has 41 heavy (non-hydrogen) atoms. The smallest absolute Gasteiger partial charge is 0.335 e. The summed E-state index contributed by atoms with van der Waals surface area (Å²) < 4.78 is 19.0. The molecule has 3 aromatic rings. The maximum absolute atomic E-state index is 13.5. The summed E-state index contributed by atoms with van der Waals surface area (Å²) in [6.45, 7) is 0.237. The van der Waals surface area contributed by atoms with Crippen molar-refractivity contribution in [1.29, 1.82) is 0 Å². The second-order valence-corrected chi connectivity index (χ2v) is 12.2. The summed E-state index contributed by atoms with van der Waals surface area (Å²) in [5, 5.41) is 2.31. The minimum atomic E-state index is -0.754. The van der Waals surface area contributed by atoms with Gasteiger partial charge in [-0.25, -0.2) is 14.1 Å². The summed E-state index contributed by atoms with van der Waals surface area (Å²) in [7, 11) is 0. The average Bonchev–Trinajstić information content (AvgIpc) is 2.95. The molecule has 7 heteroatoms. The van der Waals surface area contributed by atoms with Crippen LogP contribution in [0, 0.1) is 23.6 Å². The molecule has 4 saturated carbocycles. The molecule has 0 unspecified atom stereocenters. The number of urea groups is 1. The molecular weight excluding hydrogens is 519 g/mol. The quantitative estimate of drug-likeness (QED) is 0.279. The Morgan fingerprint density at radius 3 is 2.20 bits per heavy atom. The summed E-state index contributed by atoms with van der Waals surface area (Å²) in [5.41, 5.74) is 3.20. The first-order valence-corrected chi connectivity index (χ1v) is 14.3. The molecule has 5 fully saturated rings. The van der Waals surface area contributed by atoms with E-state index in [1.165, 1.54) is 62.3 Å². The van der Waals surface area contributed by atoms with Crippen LogP contribution in [0.15, 0.2) is 78.4 Å². The van der Waals surface area contributed by atoms with Crippen LogP contribution in [0.5, 0.6) is 5.75 Å². The van der Waals surface area contributed by atoms with Gasteiger partial charge in [-0.05, 0) is 121 Å². The molecule has 1 saturated heterocycles. The number of carbonyl (C=O) groups is 3. The summed E-state index contributed by atoms with van der Waals surface area (Å²) in [6, 6.07) is 20.1. The van der Waals surface area contributed by atoms with Crippen LogP contribution in [0.4, 0.5) is 14.9 Å². The van der Waals surface area contributed by atoms with E-state index in [0.29, 0.717) is 17.0 Å². The number of nitrogens with one attached hydrogen (secondary N) is 1. The van der Waals surface area contributed by atoms with Crippen LogP contribution < -0.4 is 15.0 Å². The Morgan fingerprint density at radius 1 is 0.878 bits per heavy atom. The molecule has 6 nitrogen and oxygen atoms in total. The first kappa shape index (κ1) is 25.7. The van der Waals surface area contributed by atoms with Crippen molar-refractivity contribution in [2.45, 2.75) is 50.5 Å². The molecule has 1 N–H and O–H groups in total. The summed E-state index contributed by atoms with van der Waals surface area (Å²) >= 11 is 0. The van der Waals surface area contributed by atoms with Gasteiger partial charge in [0, 0.05) is 0 Å². The molecule has 1 aliphatic heterocycles. The fourth-order valence-electron chi connectivity index (χ4n) is 7.93. The number of benzene rings is 3. The predicted octanol–water partition coefficient (Wildman–Crippen LogP) is 6.54. The largest absolute Gasteiger partial charge is 0.489 e. The molecule has 4 bridgehead atoms. The lowest BCUT2D eigenvalue weighted by atomic mass is 9.48. The fraction of sp³-hybridized carbons (Fsp3) is 0.324. The molecule has 4 aliphatic carbocycles. The van der Waals surface area contributed by atoms with E-state index in [1.54, 1.807) is 36.4 Å². The van der Waals surface area contributed by atoms with Gasteiger partial charge in [0.2, 0.25) is 0 Å². The first-order chi connectivity index (χ1) is 19.8. The lowest BCUT2D eigenvalue weighted by Crippen LogP contribution is -2.54. The highest BCUT2D eigenvalue weighted by atomic mass is 19.1. The first-order valence-electron chi connectivity index (χ1n) is 14.3. The van der Waals surface area contributed by atoms with E-state index in [2.05, 4.69) is 17.4 Å². The highest BCUT2D eigenvalue weighted by molar-refractivity contribution is 6.39. The number of carbonyl (C=O) groups excluding carboxylic acids is 3. The number of amides is 4. The fourth-order valence-corrected chi connectivity index (χ4v) is 7.93. The molecule has 0 atom stereocenters. The maximum atomic E-state index is 13.5. The van der Waals surface area contributed by atoms with E-state index in [-0.39, 0.29) is 23.4 Å². The van der Waals surface area contributed by atoms with Gasteiger partial charge in [-0.2, -0.15) is 0 Å². The Kier molecular flexibility index (Phi) is 6.25. The minimum absolute atomic E-state index is 0.134. The van der Waals surface area contributed by atoms with Gasteiger partial charge in [-0.15, -0.1) is 0 Å². The minimum Gasteiger partial charge on any atom is -0.489 e. The molecule has 0 aromatic heterocycles. The van der Waals surface area contributed by atoms with E-state index in [0.717, 1.165) is 28.2 Å². The second kappa shape index (κ2) is 9.98. The number of rotatable bonds is 6. The number of barbiturate groups is 1. The van der Waals surface area contributed by atoms with Crippen molar-refractivity contribution in [3.05, 3.63) is 101 Å². The normalized spacial score (nSPS) is 27.8. The third kappa shape index (κ3) is 4.83. The van der Waals surface area contributed by atoms with Gasteiger partial charge in [0.05, 0.1) is 5.69 Å². The van der Waals surface area contributed by atoms with Crippen molar-refractivity contribution in [2.24, 2.45) is 17.8 Å². The Morgan fingerprint density at radius 2 is 1.54 bits per heavy atom. The van der Waals surface area contributed by atoms with Gasteiger partial charge in [-0.3, -0.25) is 14.9 Å². The Balaban J connectivity index is 1.10. The van der Waals surface area contributed by atoms with Crippen LogP contribution in [0.1, 0.15) is 55.2 Å². The number of hydrogen-bond acceptors (Lipinski definition) is 4. The molecule has 3 aromatic carbocycles. The number of ether oxygens (including phenoxy) is 1. The third-order valence-corrected chi connectivity index (χ3v) is 9.37.